The fourth-order valence-electron chi connectivity index (χ4n) is 3.72. The molecule has 2 aromatic heterocycles. The number of hydrogen-bond acceptors (Lipinski definition) is 4. The van der Waals surface area contributed by atoms with Crippen LogP contribution >= 0.6 is 0 Å². The first-order chi connectivity index (χ1) is 14.5. The van der Waals surface area contributed by atoms with Crippen LogP contribution in [-0.2, 0) is 0 Å². The van der Waals surface area contributed by atoms with Gasteiger partial charge in [0, 0.05) is 21.9 Å². The van der Waals surface area contributed by atoms with E-state index in [0.717, 1.165) is 55.4 Å². The summed E-state index contributed by atoms with van der Waals surface area (Å²) in [6, 6.07) is 23.2. The first-order valence-corrected chi connectivity index (χ1v) is 9.80. The molecule has 5 rings (SSSR count). The molecule has 0 unspecified atom stereocenters. The molecule has 0 spiro atoms. The number of benzene rings is 3. The van der Waals surface area contributed by atoms with Crippen molar-refractivity contribution < 1.29 is 10.2 Å². The third kappa shape index (κ3) is 3.03. The minimum atomic E-state index is 0.278. The summed E-state index contributed by atoms with van der Waals surface area (Å²) in [7, 11) is 0. The van der Waals surface area contributed by atoms with Crippen molar-refractivity contribution in [3.63, 3.8) is 0 Å². The smallest absolute Gasteiger partial charge is 0.118 e. The average Bonchev–Trinajstić information content (AvgIpc) is 2.76. The van der Waals surface area contributed by atoms with E-state index in [2.05, 4.69) is 24.3 Å². The molecular formula is C26H20N2O2. The summed E-state index contributed by atoms with van der Waals surface area (Å²) in [4.78, 5) is 9.85. The van der Waals surface area contributed by atoms with Crippen LogP contribution in [0.25, 0.3) is 44.3 Å². The number of phenols is 2. The molecule has 0 atom stereocenters. The molecule has 0 aliphatic heterocycles. The number of nitrogens with zero attached hydrogens (tertiary/aromatic N) is 2. The summed E-state index contributed by atoms with van der Waals surface area (Å²) in [5.74, 6) is 0.556. The molecule has 0 saturated carbocycles. The zero-order chi connectivity index (χ0) is 20.8. The quantitative estimate of drug-likeness (QED) is 0.354. The number of aromatic hydroxyl groups is 2. The van der Waals surface area contributed by atoms with Crippen LogP contribution in [0.4, 0.5) is 0 Å². The minimum Gasteiger partial charge on any atom is -0.508 e. The van der Waals surface area contributed by atoms with Crippen LogP contribution in [-0.4, -0.2) is 20.2 Å². The van der Waals surface area contributed by atoms with E-state index >= 15 is 0 Å². The van der Waals surface area contributed by atoms with Crippen LogP contribution in [0.2, 0.25) is 0 Å². The van der Waals surface area contributed by atoms with E-state index in [-0.39, 0.29) is 11.5 Å². The van der Waals surface area contributed by atoms with Crippen molar-refractivity contribution in [2.24, 2.45) is 0 Å². The Morgan fingerprint density at radius 1 is 0.533 bits per heavy atom. The molecule has 146 valence electrons. The van der Waals surface area contributed by atoms with Crippen molar-refractivity contribution in [3.8, 4) is 34.0 Å². The van der Waals surface area contributed by atoms with E-state index in [1.807, 2.05) is 50.2 Å². The highest BCUT2D eigenvalue weighted by Gasteiger charge is 2.10. The lowest BCUT2D eigenvalue weighted by molar-refractivity contribution is 0.470. The number of aromatic nitrogens is 2. The van der Waals surface area contributed by atoms with Crippen LogP contribution in [0.5, 0.6) is 11.5 Å². The van der Waals surface area contributed by atoms with Crippen LogP contribution in [0.3, 0.4) is 0 Å². The number of hydrogen-bond donors (Lipinski definition) is 2. The van der Waals surface area contributed by atoms with Crippen LogP contribution in [0.1, 0.15) is 11.1 Å². The number of phenolic OH excluding ortho intramolecular Hbond substituents is 2. The topological polar surface area (TPSA) is 66.2 Å². The summed E-state index contributed by atoms with van der Waals surface area (Å²) in [5, 5.41) is 21.7. The summed E-state index contributed by atoms with van der Waals surface area (Å²) >= 11 is 0. The van der Waals surface area contributed by atoms with Gasteiger partial charge in [-0.3, -0.25) is 0 Å². The second-order valence-corrected chi connectivity index (χ2v) is 7.60. The Morgan fingerprint density at radius 3 is 1.33 bits per heavy atom. The highest BCUT2D eigenvalue weighted by molar-refractivity contribution is 6.04. The van der Waals surface area contributed by atoms with Gasteiger partial charge in [-0.1, -0.05) is 24.3 Å². The summed E-state index contributed by atoms with van der Waals surface area (Å²) < 4.78 is 0. The SMILES string of the molecule is Cc1cc(-c2ccc3ccc4ccc(-c5ccc(O)c(C)c5)nc4c3n2)ccc1O. The molecule has 0 bridgehead atoms. The van der Waals surface area contributed by atoms with E-state index in [4.69, 9.17) is 9.97 Å². The molecule has 0 radical (unpaired) electrons. The lowest BCUT2D eigenvalue weighted by Gasteiger charge is -2.09. The number of fused-ring (bicyclic) bond motifs is 3. The maximum atomic E-state index is 9.83. The Kier molecular flexibility index (Phi) is 4.14. The third-order valence-electron chi connectivity index (χ3n) is 5.50. The highest BCUT2D eigenvalue weighted by Crippen LogP contribution is 2.31. The average molecular weight is 392 g/mol. The van der Waals surface area contributed by atoms with Crippen molar-refractivity contribution in [1.82, 2.24) is 9.97 Å². The molecule has 5 aromatic rings. The van der Waals surface area contributed by atoms with Crippen molar-refractivity contribution in [3.05, 3.63) is 83.9 Å². The van der Waals surface area contributed by atoms with Gasteiger partial charge in [0.05, 0.1) is 22.4 Å². The number of aryl methyl sites for hydroxylation is 2. The predicted octanol–water partition coefficient (Wildman–Crippen LogP) is 6.15. The molecule has 0 fully saturated rings. The molecule has 30 heavy (non-hydrogen) atoms. The Bertz CT molecular complexity index is 1330. The van der Waals surface area contributed by atoms with Crippen molar-refractivity contribution >= 4 is 21.8 Å². The largest absolute Gasteiger partial charge is 0.508 e. The molecular weight excluding hydrogens is 372 g/mol. The second-order valence-electron chi connectivity index (χ2n) is 7.60. The Hall–Kier alpha value is -3.92. The van der Waals surface area contributed by atoms with Gasteiger partial charge in [0.1, 0.15) is 11.5 Å². The van der Waals surface area contributed by atoms with Gasteiger partial charge in [-0.05, 0) is 73.5 Å². The molecule has 4 heteroatoms. The first kappa shape index (κ1) is 18.1. The molecule has 2 N–H and O–H groups in total. The van der Waals surface area contributed by atoms with Gasteiger partial charge in [0.15, 0.2) is 0 Å². The van der Waals surface area contributed by atoms with Gasteiger partial charge in [-0.15, -0.1) is 0 Å². The number of rotatable bonds is 2. The monoisotopic (exact) mass is 392 g/mol. The normalized spacial score (nSPS) is 11.3. The van der Waals surface area contributed by atoms with Crippen molar-refractivity contribution in [1.29, 1.82) is 0 Å². The third-order valence-corrected chi connectivity index (χ3v) is 5.50. The molecule has 0 aliphatic rings. The van der Waals surface area contributed by atoms with E-state index in [1.54, 1.807) is 12.1 Å². The second kappa shape index (κ2) is 6.85. The molecule has 4 nitrogen and oxygen atoms in total. The first-order valence-electron chi connectivity index (χ1n) is 9.80. The lowest BCUT2D eigenvalue weighted by Crippen LogP contribution is -1.91. The standard InChI is InChI=1S/C26H20N2O2/c1-15-13-19(7-11-23(15)29)21-9-5-17-3-4-18-6-10-22(28-26(18)25(17)27-21)20-8-12-24(30)16(2)14-20/h3-14,29-30H,1-2H3. The van der Waals surface area contributed by atoms with Crippen molar-refractivity contribution in [2.75, 3.05) is 0 Å². The maximum Gasteiger partial charge on any atom is 0.118 e. The summed E-state index contributed by atoms with van der Waals surface area (Å²) in [6.07, 6.45) is 0. The van der Waals surface area contributed by atoms with Crippen LogP contribution < -0.4 is 0 Å². The predicted molar refractivity (Wildman–Crippen MR) is 121 cm³/mol. The van der Waals surface area contributed by atoms with Crippen LogP contribution in [0, 0.1) is 13.8 Å². The van der Waals surface area contributed by atoms with Gasteiger partial charge in [-0.25, -0.2) is 9.97 Å². The van der Waals surface area contributed by atoms with E-state index in [1.165, 1.54) is 0 Å². The van der Waals surface area contributed by atoms with Crippen LogP contribution in [0.15, 0.2) is 72.8 Å². The lowest BCUT2D eigenvalue weighted by atomic mass is 10.0. The van der Waals surface area contributed by atoms with Gasteiger partial charge in [-0.2, -0.15) is 0 Å². The van der Waals surface area contributed by atoms with Gasteiger partial charge >= 0.3 is 0 Å². The van der Waals surface area contributed by atoms with Gasteiger partial charge < -0.3 is 10.2 Å². The Labute approximate surface area is 174 Å². The molecule has 3 aromatic carbocycles. The number of pyridine rings is 2. The molecule has 0 saturated heterocycles. The fourth-order valence-corrected chi connectivity index (χ4v) is 3.72. The van der Waals surface area contributed by atoms with Crippen molar-refractivity contribution in [2.45, 2.75) is 13.8 Å². The van der Waals surface area contributed by atoms with E-state index in [0.29, 0.717) is 0 Å². The minimum absolute atomic E-state index is 0.278. The van der Waals surface area contributed by atoms with Gasteiger partial charge in [0.25, 0.3) is 0 Å². The highest BCUT2D eigenvalue weighted by atomic mass is 16.3. The molecule has 0 aliphatic carbocycles. The van der Waals surface area contributed by atoms with Gasteiger partial charge in [0.2, 0.25) is 0 Å². The Morgan fingerprint density at radius 2 is 0.933 bits per heavy atom. The van der Waals surface area contributed by atoms with E-state index < -0.39 is 0 Å². The molecule has 2 heterocycles. The van der Waals surface area contributed by atoms with E-state index in [9.17, 15) is 10.2 Å². The zero-order valence-electron chi connectivity index (χ0n) is 16.7. The fraction of sp³-hybridized carbons (Fsp3) is 0.0769. The summed E-state index contributed by atoms with van der Waals surface area (Å²) in [6.45, 7) is 3.76. The Balaban J connectivity index is 1.72. The molecule has 0 amide bonds. The zero-order valence-corrected chi connectivity index (χ0v) is 16.7. The maximum absolute atomic E-state index is 9.83. The summed E-state index contributed by atoms with van der Waals surface area (Å²) in [5.41, 5.74) is 6.90.